The monoisotopic (exact) mass is 404 g/mol. The number of halogens is 1. The molecule has 0 bridgehead atoms. The average Bonchev–Trinajstić information content (AvgIpc) is 2.60. The van der Waals surface area contributed by atoms with Crippen LogP contribution < -0.4 is 5.73 Å². The molecule has 1 aliphatic heterocycles. The number of carboxylic acid groups (broad SMARTS) is 1. The fourth-order valence-corrected chi connectivity index (χ4v) is 4.43. The molecule has 2 unspecified atom stereocenters. The van der Waals surface area contributed by atoms with E-state index in [2.05, 4.69) is 4.99 Å². The predicted molar refractivity (Wildman–Crippen MR) is 108 cm³/mol. The topological polar surface area (TPSA) is 102 Å². The molecule has 1 aromatic rings. The van der Waals surface area contributed by atoms with Gasteiger partial charge in [0.2, 0.25) is 0 Å². The lowest BCUT2D eigenvalue weighted by atomic mass is 9.63. The van der Waals surface area contributed by atoms with Crippen LogP contribution in [0.5, 0.6) is 0 Å². The van der Waals surface area contributed by atoms with Gasteiger partial charge < -0.3 is 15.6 Å². The number of ketones is 1. The Morgan fingerprint density at radius 1 is 1.32 bits per heavy atom. The van der Waals surface area contributed by atoms with Gasteiger partial charge in [-0.2, -0.15) is 0 Å². The number of carbonyl (C=O) groups is 2. The SMILES string of the molecule is CC1(C)CC(=O)C2C(=NC(COCCN)=C(C(=O)O)C2c2ccccc2Cl)C1. The molecule has 6 nitrogen and oxygen atoms in total. The van der Waals surface area contributed by atoms with Crippen LogP contribution >= 0.6 is 11.6 Å². The predicted octanol–water partition coefficient (Wildman–Crippen LogP) is 3.20. The zero-order valence-electron chi connectivity index (χ0n) is 16.1. The summed E-state index contributed by atoms with van der Waals surface area (Å²) in [5.74, 6) is -2.41. The van der Waals surface area contributed by atoms with Crippen molar-refractivity contribution in [3.63, 3.8) is 0 Å². The number of benzene rings is 1. The van der Waals surface area contributed by atoms with E-state index in [-0.39, 0.29) is 23.4 Å². The second kappa shape index (κ2) is 8.15. The molecular formula is C21H25ClN2O4. The van der Waals surface area contributed by atoms with Gasteiger partial charge in [-0.1, -0.05) is 43.6 Å². The minimum atomic E-state index is -1.11. The summed E-state index contributed by atoms with van der Waals surface area (Å²) >= 11 is 6.42. The second-order valence-corrected chi connectivity index (χ2v) is 8.48. The number of hydrogen-bond acceptors (Lipinski definition) is 5. The molecule has 0 radical (unpaired) electrons. The highest BCUT2D eigenvalue weighted by Crippen LogP contribution is 2.48. The van der Waals surface area contributed by atoms with E-state index in [0.717, 1.165) is 0 Å². The standard InChI is InChI=1S/C21H25ClN2O4/c1-21(2)9-14-18(16(25)10-21)17(12-5-3-4-6-13(12)22)19(20(26)27)15(24-14)11-28-8-7-23/h3-6,17-18H,7-11,23H2,1-2H3,(H,26,27). The fourth-order valence-electron chi connectivity index (χ4n) is 4.18. The van der Waals surface area contributed by atoms with Crippen LogP contribution in [0.3, 0.4) is 0 Å². The number of fused-ring (bicyclic) bond motifs is 1. The van der Waals surface area contributed by atoms with E-state index in [0.29, 0.717) is 48.0 Å². The Bertz CT molecular complexity index is 860. The molecule has 2 atom stereocenters. The van der Waals surface area contributed by atoms with E-state index in [1.54, 1.807) is 24.3 Å². The van der Waals surface area contributed by atoms with Crippen molar-refractivity contribution in [1.82, 2.24) is 0 Å². The summed E-state index contributed by atoms with van der Waals surface area (Å²) in [5.41, 5.74) is 7.01. The first kappa shape index (κ1) is 20.7. The van der Waals surface area contributed by atoms with Crippen LogP contribution in [0, 0.1) is 11.3 Å². The molecule has 2 aliphatic rings. The van der Waals surface area contributed by atoms with Gasteiger partial charge in [0, 0.05) is 29.6 Å². The fraction of sp³-hybridized carbons (Fsp3) is 0.476. The molecule has 7 heteroatoms. The van der Waals surface area contributed by atoms with Gasteiger partial charge in [0.05, 0.1) is 30.4 Å². The summed E-state index contributed by atoms with van der Waals surface area (Å²) in [5, 5.41) is 10.4. The molecule has 3 rings (SSSR count). The highest BCUT2D eigenvalue weighted by molar-refractivity contribution is 6.31. The lowest BCUT2D eigenvalue weighted by Crippen LogP contribution is -2.44. The Morgan fingerprint density at radius 2 is 2.04 bits per heavy atom. The van der Waals surface area contributed by atoms with Crippen molar-refractivity contribution in [1.29, 1.82) is 0 Å². The molecule has 1 saturated carbocycles. The van der Waals surface area contributed by atoms with Crippen molar-refractivity contribution >= 4 is 29.1 Å². The normalized spacial score (nSPS) is 24.0. The third-order valence-electron chi connectivity index (χ3n) is 5.22. The molecule has 3 N–H and O–H groups in total. The third kappa shape index (κ3) is 4.04. The molecule has 1 heterocycles. The Morgan fingerprint density at radius 3 is 2.68 bits per heavy atom. The molecule has 1 aromatic carbocycles. The molecule has 1 aliphatic carbocycles. The van der Waals surface area contributed by atoms with Gasteiger partial charge in [0.25, 0.3) is 0 Å². The maximum Gasteiger partial charge on any atom is 0.334 e. The number of carboxylic acids is 1. The van der Waals surface area contributed by atoms with Gasteiger partial charge in [-0.25, -0.2) is 4.79 Å². The van der Waals surface area contributed by atoms with Crippen LogP contribution in [0.2, 0.25) is 5.02 Å². The van der Waals surface area contributed by atoms with Crippen LogP contribution in [0.1, 0.15) is 38.2 Å². The zero-order chi connectivity index (χ0) is 20.5. The van der Waals surface area contributed by atoms with Crippen LogP contribution in [0.4, 0.5) is 0 Å². The first-order chi connectivity index (χ1) is 13.2. The molecule has 0 aromatic heterocycles. The first-order valence-corrected chi connectivity index (χ1v) is 9.71. The Labute approximate surface area is 169 Å². The Kier molecular flexibility index (Phi) is 6.03. The van der Waals surface area contributed by atoms with E-state index in [4.69, 9.17) is 22.1 Å². The van der Waals surface area contributed by atoms with E-state index >= 15 is 0 Å². The first-order valence-electron chi connectivity index (χ1n) is 9.34. The molecule has 28 heavy (non-hydrogen) atoms. The zero-order valence-corrected chi connectivity index (χ0v) is 16.8. The van der Waals surface area contributed by atoms with Gasteiger partial charge >= 0.3 is 5.97 Å². The van der Waals surface area contributed by atoms with Crippen molar-refractivity contribution in [2.75, 3.05) is 19.8 Å². The molecule has 0 spiro atoms. The molecule has 0 amide bonds. The minimum absolute atomic E-state index is 0.000552. The lowest BCUT2D eigenvalue weighted by molar-refractivity contribution is -0.133. The van der Waals surface area contributed by atoms with Crippen molar-refractivity contribution in [3.05, 3.63) is 46.1 Å². The third-order valence-corrected chi connectivity index (χ3v) is 5.57. The number of ether oxygens (including phenoxy) is 1. The summed E-state index contributed by atoms with van der Waals surface area (Å²) in [4.78, 5) is 29.9. The van der Waals surface area contributed by atoms with Crippen LogP contribution in [0.15, 0.2) is 40.5 Å². The molecular weight excluding hydrogens is 380 g/mol. The molecule has 1 fully saturated rings. The van der Waals surface area contributed by atoms with Gasteiger partial charge in [0.15, 0.2) is 0 Å². The van der Waals surface area contributed by atoms with Gasteiger partial charge in [-0.05, 0) is 23.5 Å². The quantitative estimate of drug-likeness (QED) is 0.709. The van der Waals surface area contributed by atoms with E-state index in [9.17, 15) is 14.7 Å². The Balaban J connectivity index is 2.18. The summed E-state index contributed by atoms with van der Waals surface area (Å²) in [6.07, 6.45) is 1.00. The summed E-state index contributed by atoms with van der Waals surface area (Å²) in [7, 11) is 0. The summed E-state index contributed by atoms with van der Waals surface area (Å²) in [6, 6.07) is 7.08. The Hall–Kier alpha value is -2.02. The lowest BCUT2D eigenvalue weighted by Gasteiger charge is -2.41. The van der Waals surface area contributed by atoms with Crippen molar-refractivity contribution in [2.45, 2.75) is 32.6 Å². The number of rotatable bonds is 6. The molecule has 0 saturated heterocycles. The van der Waals surface area contributed by atoms with Crippen molar-refractivity contribution < 1.29 is 19.4 Å². The number of carbonyl (C=O) groups excluding carboxylic acids is 1. The maximum absolute atomic E-state index is 13.1. The number of hydrogen-bond donors (Lipinski definition) is 2. The van der Waals surface area contributed by atoms with E-state index < -0.39 is 17.8 Å². The molecule has 150 valence electrons. The highest BCUT2D eigenvalue weighted by Gasteiger charge is 2.48. The summed E-state index contributed by atoms with van der Waals surface area (Å²) in [6.45, 7) is 4.70. The van der Waals surface area contributed by atoms with Crippen molar-refractivity contribution in [3.8, 4) is 0 Å². The maximum atomic E-state index is 13.1. The highest BCUT2D eigenvalue weighted by atomic mass is 35.5. The number of aliphatic carboxylic acids is 1. The smallest absolute Gasteiger partial charge is 0.334 e. The van der Waals surface area contributed by atoms with Gasteiger partial charge in [-0.3, -0.25) is 9.79 Å². The average molecular weight is 405 g/mol. The van der Waals surface area contributed by atoms with E-state index in [1.165, 1.54) is 0 Å². The second-order valence-electron chi connectivity index (χ2n) is 8.07. The van der Waals surface area contributed by atoms with Gasteiger partial charge in [-0.15, -0.1) is 0 Å². The van der Waals surface area contributed by atoms with Crippen molar-refractivity contribution in [2.24, 2.45) is 22.1 Å². The largest absolute Gasteiger partial charge is 0.478 e. The van der Waals surface area contributed by atoms with Gasteiger partial charge in [0.1, 0.15) is 5.78 Å². The minimum Gasteiger partial charge on any atom is -0.478 e. The van der Waals surface area contributed by atoms with E-state index in [1.807, 2.05) is 13.8 Å². The number of aliphatic imine (C=N–C) groups is 1. The van der Waals surface area contributed by atoms with Crippen LogP contribution in [-0.4, -0.2) is 42.3 Å². The number of nitrogens with two attached hydrogens (primary N) is 1. The summed E-state index contributed by atoms with van der Waals surface area (Å²) < 4.78 is 5.50. The number of nitrogens with zero attached hydrogens (tertiary/aromatic N) is 1. The number of Topliss-reactive ketones (excluding diaryl/α,β-unsaturated/α-hetero) is 1. The van der Waals surface area contributed by atoms with Crippen LogP contribution in [-0.2, 0) is 14.3 Å². The van der Waals surface area contributed by atoms with Crippen LogP contribution in [0.25, 0.3) is 0 Å².